The number of rotatable bonds is 2. The minimum absolute atomic E-state index is 0.0559. The van der Waals surface area contributed by atoms with Gasteiger partial charge in [-0.25, -0.2) is 4.52 Å². The molecule has 0 bridgehead atoms. The van der Waals surface area contributed by atoms with Crippen molar-refractivity contribution in [1.29, 1.82) is 5.26 Å². The molecule has 2 aromatic heterocycles. The van der Waals surface area contributed by atoms with Crippen LogP contribution in [0.1, 0.15) is 5.56 Å². The van der Waals surface area contributed by atoms with Crippen LogP contribution in [0, 0.1) is 11.3 Å². The number of aliphatic hydroxyl groups excluding tert-OH is 1. The smallest absolute Gasteiger partial charge is 0.153 e. The van der Waals surface area contributed by atoms with Gasteiger partial charge in [-0.05, 0) is 0 Å². The van der Waals surface area contributed by atoms with E-state index in [9.17, 15) is 0 Å². The molecule has 0 fully saturated rings. The summed E-state index contributed by atoms with van der Waals surface area (Å²) < 4.78 is 3.42. The number of aliphatic hydroxyl groups is 1. The lowest BCUT2D eigenvalue weighted by Gasteiger charge is -1.98. The number of imidazole rings is 1. The van der Waals surface area contributed by atoms with E-state index in [4.69, 9.17) is 10.4 Å². The summed E-state index contributed by atoms with van der Waals surface area (Å²) in [6, 6.07) is 2.05. The predicted molar refractivity (Wildman–Crippen MR) is 45.0 cm³/mol. The van der Waals surface area contributed by atoms with Gasteiger partial charge in [-0.15, -0.1) is 0 Å². The zero-order valence-electron chi connectivity index (χ0n) is 6.88. The highest BCUT2D eigenvalue weighted by molar-refractivity contribution is 5.54. The Kier molecular flexibility index (Phi) is 1.76. The maximum Gasteiger partial charge on any atom is 0.153 e. The van der Waals surface area contributed by atoms with Crippen molar-refractivity contribution in [1.82, 2.24) is 14.2 Å². The van der Waals surface area contributed by atoms with Crippen LogP contribution in [-0.4, -0.2) is 25.9 Å². The van der Waals surface area contributed by atoms with E-state index in [-0.39, 0.29) is 6.61 Å². The van der Waals surface area contributed by atoms with E-state index in [0.29, 0.717) is 12.1 Å². The van der Waals surface area contributed by atoms with Gasteiger partial charge in [-0.1, -0.05) is 0 Å². The van der Waals surface area contributed by atoms with Crippen LogP contribution in [0.4, 0.5) is 0 Å². The van der Waals surface area contributed by atoms with Crippen LogP contribution in [0.2, 0.25) is 0 Å². The highest BCUT2D eigenvalue weighted by Gasteiger charge is 2.07. The molecule has 0 saturated heterocycles. The van der Waals surface area contributed by atoms with Crippen molar-refractivity contribution in [3.8, 4) is 6.07 Å². The first kappa shape index (κ1) is 7.83. The first-order chi connectivity index (χ1) is 6.36. The van der Waals surface area contributed by atoms with Crippen LogP contribution in [-0.2, 0) is 6.54 Å². The molecule has 2 heterocycles. The number of nitrogens with zero attached hydrogens (tertiary/aromatic N) is 4. The van der Waals surface area contributed by atoms with Crippen LogP contribution in [0.5, 0.6) is 0 Å². The molecular formula is C8H8N4O. The Hall–Kier alpha value is -1.80. The van der Waals surface area contributed by atoms with Crippen LogP contribution in [0.25, 0.3) is 5.65 Å². The molecule has 1 N–H and O–H groups in total. The van der Waals surface area contributed by atoms with Gasteiger partial charge >= 0.3 is 0 Å². The number of hydrogen-bond donors (Lipinski definition) is 1. The third-order valence-electron chi connectivity index (χ3n) is 1.89. The molecule has 0 spiro atoms. The fraction of sp³-hybridized carbons (Fsp3) is 0.250. The molecule has 0 radical (unpaired) electrons. The number of nitriles is 1. The van der Waals surface area contributed by atoms with E-state index in [1.165, 1.54) is 6.20 Å². The minimum Gasteiger partial charge on any atom is -0.395 e. The van der Waals surface area contributed by atoms with Gasteiger partial charge in [0.25, 0.3) is 0 Å². The van der Waals surface area contributed by atoms with Gasteiger partial charge in [-0.2, -0.15) is 10.4 Å². The van der Waals surface area contributed by atoms with Crippen LogP contribution in [0.15, 0.2) is 18.6 Å². The maximum absolute atomic E-state index is 8.77. The molecule has 13 heavy (non-hydrogen) atoms. The SMILES string of the molecule is N#Cc1cnn2ccn(CCO)c12. The molecule has 0 unspecified atom stereocenters. The number of hydrogen-bond acceptors (Lipinski definition) is 3. The summed E-state index contributed by atoms with van der Waals surface area (Å²) in [5, 5.41) is 21.5. The lowest BCUT2D eigenvalue weighted by molar-refractivity contribution is 0.278. The van der Waals surface area contributed by atoms with Gasteiger partial charge in [0.1, 0.15) is 11.6 Å². The molecule has 5 heteroatoms. The molecule has 5 nitrogen and oxygen atoms in total. The monoisotopic (exact) mass is 176 g/mol. The summed E-state index contributed by atoms with van der Waals surface area (Å²) in [7, 11) is 0. The van der Waals surface area contributed by atoms with Crippen LogP contribution in [0.3, 0.4) is 0 Å². The standard InChI is InChI=1S/C8H8N4O/c9-5-7-6-10-12-2-1-11(3-4-13)8(7)12/h1-2,6,13H,3-4H2. The van der Waals surface area contributed by atoms with Crippen molar-refractivity contribution < 1.29 is 5.11 Å². The molecule has 0 aromatic carbocycles. The Bertz CT molecular complexity index is 462. The molecule has 0 atom stereocenters. The largest absolute Gasteiger partial charge is 0.395 e. The summed E-state index contributed by atoms with van der Waals surface area (Å²) in [4.78, 5) is 0. The Morgan fingerprint density at radius 2 is 2.38 bits per heavy atom. The summed E-state index contributed by atoms with van der Waals surface area (Å²) in [6.45, 7) is 0.539. The molecule has 0 aliphatic heterocycles. The van der Waals surface area contributed by atoms with Crippen molar-refractivity contribution in [3.05, 3.63) is 24.2 Å². The predicted octanol–water partition coefficient (Wildman–Crippen LogP) is -0.000220. The molecule has 0 amide bonds. The third kappa shape index (κ3) is 1.08. The molecule has 0 aliphatic carbocycles. The summed E-state index contributed by atoms with van der Waals surface area (Å²) in [5.41, 5.74) is 1.26. The van der Waals surface area contributed by atoms with Gasteiger partial charge < -0.3 is 9.67 Å². The van der Waals surface area contributed by atoms with Crippen LogP contribution < -0.4 is 0 Å². The number of fused-ring (bicyclic) bond motifs is 1. The summed E-state index contributed by atoms with van der Waals surface area (Å²) >= 11 is 0. The van der Waals surface area contributed by atoms with E-state index >= 15 is 0 Å². The van der Waals surface area contributed by atoms with Crippen molar-refractivity contribution in [2.45, 2.75) is 6.54 Å². The fourth-order valence-electron chi connectivity index (χ4n) is 1.33. The Labute approximate surface area is 74.4 Å². The first-order valence-corrected chi connectivity index (χ1v) is 3.90. The molecular weight excluding hydrogens is 168 g/mol. The molecule has 66 valence electrons. The Morgan fingerprint density at radius 1 is 1.54 bits per heavy atom. The average molecular weight is 176 g/mol. The normalized spacial score (nSPS) is 10.5. The van der Waals surface area contributed by atoms with Gasteiger partial charge in [0, 0.05) is 18.9 Å². The second kappa shape index (κ2) is 2.92. The van der Waals surface area contributed by atoms with Gasteiger partial charge in [0.15, 0.2) is 5.65 Å². The Morgan fingerprint density at radius 3 is 3.08 bits per heavy atom. The lowest BCUT2D eigenvalue weighted by atomic mass is 10.4. The number of aromatic nitrogens is 3. The second-order valence-corrected chi connectivity index (χ2v) is 2.65. The average Bonchev–Trinajstić information content (AvgIpc) is 2.68. The van der Waals surface area contributed by atoms with E-state index < -0.39 is 0 Å². The molecule has 2 rings (SSSR count). The van der Waals surface area contributed by atoms with Gasteiger partial charge in [0.2, 0.25) is 0 Å². The van der Waals surface area contributed by atoms with Crippen molar-refractivity contribution in [3.63, 3.8) is 0 Å². The fourth-order valence-corrected chi connectivity index (χ4v) is 1.33. The van der Waals surface area contributed by atoms with E-state index in [2.05, 4.69) is 5.10 Å². The van der Waals surface area contributed by atoms with E-state index in [0.717, 1.165) is 5.65 Å². The van der Waals surface area contributed by atoms with E-state index in [1.807, 2.05) is 6.07 Å². The van der Waals surface area contributed by atoms with Crippen molar-refractivity contribution >= 4 is 5.65 Å². The highest BCUT2D eigenvalue weighted by Crippen LogP contribution is 2.09. The van der Waals surface area contributed by atoms with Crippen LogP contribution >= 0.6 is 0 Å². The molecule has 0 aliphatic rings. The summed E-state index contributed by atoms with van der Waals surface area (Å²) in [6.07, 6.45) is 5.06. The van der Waals surface area contributed by atoms with Crippen molar-refractivity contribution in [2.24, 2.45) is 0 Å². The lowest BCUT2D eigenvalue weighted by Crippen LogP contribution is -2.01. The first-order valence-electron chi connectivity index (χ1n) is 3.90. The van der Waals surface area contributed by atoms with E-state index in [1.54, 1.807) is 21.5 Å². The van der Waals surface area contributed by atoms with Gasteiger partial charge in [0.05, 0.1) is 12.8 Å². The Balaban J connectivity index is 2.63. The zero-order chi connectivity index (χ0) is 9.26. The minimum atomic E-state index is 0.0559. The maximum atomic E-state index is 8.77. The topological polar surface area (TPSA) is 66.2 Å². The zero-order valence-corrected chi connectivity index (χ0v) is 6.88. The quantitative estimate of drug-likeness (QED) is 0.700. The third-order valence-corrected chi connectivity index (χ3v) is 1.89. The summed E-state index contributed by atoms with van der Waals surface area (Å²) in [5.74, 6) is 0. The van der Waals surface area contributed by atoms with Gasteiger partial charge in [-0.3, -0.25) is 0 Å². The second-order valence-electron chi connectivity index (χ2n) is 2.65. The van der Waals surface area contributed by atoms with Crippen molar-refractivity contribution in [2.75, 3.05) is 6.61 Å². The molecule has 2 aromatic rings. The highest BCUT2D eigenvalue weighted by atomic mass is 16.3. The molecule has 0 saturated carbocycles.